The number of hydrogen-bond acceptors (Lipinski definition) is 4. The van der Waals surface area contributed by atoms with E-state index in [1.807, 2.05) is 0 Å². The number of fused-ring (bicyclic) bond motifs is 1. The molecule has 7 heteroatoms. The maximum atomic E-state index is 11.9. The molecule has 84 valence electrons. The van der Waals surface area contributed by atoms with E-state index >= 15 is 0 Å². The first kappa shape index (κ1) is 10.5. The van der Waals surface area contributed by atoms with Crippen molar-refractivity contribution < 1.29 is 17.9 Å². The molecule has 1 heterocycles. The highest BCUT2D eigenvalue weighted by atomic mass is 19.4. The molecule has 0 aliphatic rings. The van der Waals surface area contributed by atoms with Crippen LogP contribution in [0, 0.1) is 0 Å². The molecule has 2 rings (SSSR count). The van der Waals surface area contributed by atoms with E-state index in [0.717, 1.165) is 6.07 Å². The van der Waals surface area contributed by atoms with Gasteiger partial charge in [-0.2, -0.15) is 0 Å². The van der Waals surface area contributed by atoms with Gasteiger partial charge >= 0.3 is 6.36 Å². The SMILES string of the molecule is Nc1ncc2ccc(OC(F)(F)F)cc2n1. The maximum Gasteiger partial charge on any atom is 0.573 e. The molecule has 0 spiro atoms. The van der Waals surface area contributed by atoms with Gasteiger partial charge in [0.2, 0.25) is 5.95 Å². The summed E-state index contributed by atoms with van der Waals surface area (Å²) in [5.41, 5.74) is 5.62. The fourth-order valence-electron chi connectivity index (χ4n) is 1.21. The number of hydrogen-bond donors (Lipinski definition) is 1. The fraction of sp³-hybridized carbons (Fsp3) is 0.111. The lowest BCUT2D eigenvalue weighted by molar-refractivity contribution is -0.274. The molecular formula is C9H6F3N3O. The van der Waals surface area contributed by atoms with Crippen LogP contribution in [0.5, 0.6) is 5.75 Å². The van der Waals surface area contributed by atoms with Crippen molar-refractivity contribution in [1.29, 1.82) is 0 Å². The molecule has 0 saturated carbocycles. The number of ether oxygens (including phenoxy) is 1. The largest absolute Gasteiger partial charge is 0.573 e. The van der Waals surface area contributed by atoms with E-state index < -0.39 is 6.36 Å². The smallest absolute Gasteiger partial charge is 0.406 e. The van der Waals surface area contributed by atoms with Crippen LogP contribution in [0.1, 0.15) is 0 Å². The van der Waals surface area contributed by atoms with Crippen LogP contribution in [0.25, 0.3) is 10.9 Å². The number of nitrogens with two attached hydrogens (primary N) is 1. The molecule has 0 aliphatic heterocycles. The molecule has 1 aromatic carbocycles. The van der Waals surface area contributed by atoms with Crippen LogP contribution in [0.2, 0.25) is 0 Å². The normalized spacial score (nSPS) is 11.7. The first-order valence-electron chi connectivity index (χ1n) is 4.22. The molecule has 4 nitrogen and oxygen atoms in total. The van der Waals surface area contributed by atoms with Crippen LogP contribution < -0.4 is 10.5 Å². The van der Waals surface area contributed by atoms with Crippen LogP contribution in [-0.2, 0) is 0 Å². The average molecular weight is 229 g/mol. The van der Waals surface area contributed by atoms with Crippen LogP contribution in [0.4, 0.5) is 19.1 Å². The molecule has 2 N–H and O–H groups in total. The molecule has 0 aliphatic carbocycles. The van der Waals surface area contributed by atoms with Crippen LogP contribution in [-0.4, -0.2) is 16.3 Å². The Kier molecular flexibility index (Phi) is 2.30. The predicted octanol–water partition coefficient (Wildman–Crippen LogP) is 2.11. The number of nitrogen functional groups attached to an aromatic ring is 1. The average Bonchev–Trinajstić information content (AvgIpc) is 2.14. The molecule has 0 fully saturated rings. The molecular weight excluding hydrogens is 223 g/mol. The van der Waals surface area contributed by atoms with E-state index in [1.54, 1.807) is 0 Å². The van der Waals surface area contributed by atoms with E-state index in [0.29, 0.717) is 10.9 Å². The maximum absolute atomic E-state index is 11.9. The summed E-state index contributed by atoms with van der Waals surface area (Å²) in [6.07, 6.45) is -3.29. The third-order valence-electron chi connectivity index (χ3n) is 1.81. The zero-order valence-corrected chi connectivity index (χ0v) is 7.82. The molecule has 0 unspecified atom stereocenters. The summed E-state index contributed by atoms with van der Waals surface area (Å²) >= 11 is 0. The fourth-order valence-corrected chi connectivity index (χ4v) is 1.21. The predicted molar refractivity (Wildman–Crippen MR) is 50.6 cm³/mol. The Hall–Kier alpha value is -2.05. The van der Waals surface area contributed by atoms with Crippen molar-refractivity contribution in [3.63, 3.8) is 0 Å². The second-order valence-corrected chi connectivity index (χ2v) is 3.00. The van der Waals surface area contributed by atoms with Crippen molar-refractivity contribution in [2.24, 2.45) is 0 Å². The Bertz CT molecular complexity index is 527. The standard InChI is InChI=1S/C9H6F3N3O/c10-9(11,12)16-6-2-1-5-4-14-8(13)15-7(5)3-6/h1-4H,(H2,13,14,15). The van der Waals surface area contributed by atoms with E-state index in [9.17, 15) is 13.2 Å². The number of rotatable bonds is 1. The van der Waals surface area contributed by atoms with E-state index in [1.165, 1.54) is 18.3 Å². The molecule has 1 aromatic heterocycles. The minimum Gasteiger partial charge on any atom is -0.406 e. The summed E-state index contributed by atoms with van der Waals surface area (Å²) in [5.74, 6) is -0.338. The number of halogens is 3. The minimum absolute atomic E-state index is 0.00309. The molecule has 0 atom stereocenters. The molecule has 0 bridgehead atoms. The van der Waals surface area contributed by atoms with Crippen LogP contribution >= 0.6 is 0 Å². The molecule has 0 saturated heterocycles. The van der Waals surface area contributed by atoms with Gasteiger partial charge in [-0.05, 0) is 12.1 Å². The minimum atomic E-state index is -4.72. The quantitative estimate of drug-likeness (QED) is 0.813. The van der Waals surface area contributed by atoms with Gasteiger partial charge in [-0.25, -0.2) is 9.97 Å². The molecule has 2 aromatic rings. The van der Waals surface area contributed by atoms with Gasteiger partial charge in [-0.15, -0.1) is 13.2 Å². The zero-order valence-electron chi connectivity index (χ0n) is 7.82. The molecule has 0 amide bonds. The van der Waals surface area contributed by atoms with Crippen molar-refractivity contribution in [2.45, 2.75) is 6.36 Å². The number of benzene rings is 1. The second kappa shape index (κ2) is 3.51. The number of anilines is 1. The summed E-state index contributed by atoms with van der Waals surface area (Å²) in [7, 11) is 0. The van der Waals surface area contributed by atoms with E-state index in [2.05, 4.69) is 14.7 Å². The highest BCUT2D eigenvalue weighted by Gasteiger charge is 2.31. The monoisotopic (exact) mass is 229 g/mol. The Morgan fingerprint density at radius 1 is 1.25 bits per heavy atom. The topological polar surface area (TPSA) is 61.0 Å². The van der Waals surface area contributed by atoms with Gasteiger partial charge < -0.3 is 10.5 Å². The lowest BCUT2D eigenvalue weighted by atomic mass is 10.2. The van der Waals surface area contributed by atoms with Gasteiger partial charge in [0.25, 0.3) is 0 Å². The van der Waals surface area contributed by atoms with Gasteiger partial charge in [0.15, 0.2) is 0 Å². The summed E-state index contributed by atoms with van der Waals surface area (Å²) in [4.78, 5) is 7.50. The molecule has 0 radical (unpaired) electrons. The van der Waals surface area contributed by atoms with E-state index in [-0.39, 0.29) is 11.7 Å². The van der Waals surface area contributed by atoms with Crippen LogP contribution in [0.3, 0.4) is 0 Å². The number of nitrogens with zero attached hydrogens (tertiary/aromatic N) is 2. The van der Waals surface area contributed by atoms with Crippen molar-refractivity contribution in [3.8, 4) is 5.75 Å². The van der Waals surface area contributed by atoms with Crippen molar-refractivity contribution in [2.75, 3.05) is 5.73 Å². The summed E-state index contributed by atoms with van der Waals surface area (Å²) in [5, 5.41) is 0.587. The summed E-state index contributed by atoms with van der Waals surface area (Å²) < 4.78 is 39.6. The van der Waals surface area contributed by atoms with Gasteiger partial charge in [0.05, 0.1) is 5.52 Å². The lowest BCUT2D eigenvalue weighted by Gasteiger charge is -2.08. The molecule has 16 heavy (non-hydrogen) atoms. The van der Waals surface area contributed by atoms with Gasteiger partial charge in [0.1, 0.15) is 5.75 Å². The third kappa shape index (κ3) is 2.30. The Morgan fingerprint density at radius 2 is 2.00 bits per heavy atom. The number of alkyl halides is 3. The Balaban J connectivity index is 2.43. The van der Waals surface area contributed by atoms with Crippen molar-refractivity contribution in [1.82, 2.24) is 9.97 Å². The van der Waals surface area contributed by atoms with Crippen molar-refractivity contribution >= 4 is 16.9 Å². The summed E-state index contributed by atoms with van der Waals surface area (Å²) in [6.45, 7) is 0. The highest BCUT2D eigenvalue weighted by Crippen LogP contribution is 2.25. The van der Waals surface area contributed by atoms with E-state index in [4.69, 9.17) is 5.73 Å². The van der Waals surface area contributed by atoms with Gasteiger partial charge in [-0.3, -0.25) is 0 Å². The van der Waals surface area contributed by atoms with Crippen molar-refractivity contribution in [3.05, 3.63) is 24.4 Å². The first-order valence-corrected chi connectivity index (χ1v) is 4.22. The number of aromatic nitrogens is 2. The highest BCUT2D eigenvalue weighted by molar-refractivity contribution is 5.79. The lowest BCUT2D eigenvalue weighted by Crippen LogP contribution is -2.17. The Morgan fingerprint density at radius 3 is 2.69 bits per heavy atom. The summed E-state index contributed by atoms with van der Waals surface area (Å²) in [6, 6.07) is 3.77. The Labute approximate surface area is 87.9 Å². The zero-order chi connectivity index (χ0) is 11.8. The van der Waals surface area contributed by atoms with Gasteiger partial charge in [0, 0.05) is 17.6 Å². The van der Waals surface area contributed by atoms with Crippen LogP contribution in [0.15, 0.2) is 24.4 Å². The second-order valence-electron chi connectivity index (χ2n) is 3.00. The third-order valence-corrected chi connectivity index (χ3v) is 1.81. The first-order chi connectivity index (χ1) is 7.44. The van der Waals surface area contributed by atoms with Gasteiger partial charge in [-0.1, -0.05) is 0 Å².